The maximum absolute atomic E-state index is 13.2. The summed E-state index contributed by atoms with van der Waals surface area (Å²) in [4.78, 5) is 12.9. The average molecular weight is 404 g/mol. The van der Waals surface area contributed by atoms with E-state index in [1.54, 1.807) is 76.4 Å². The number of carbonyl (C=O) groups excluding carboxylic acids is 1. The molecule has 0 spiro atoms. The number of nitrogens with zero attached hydrogens (tertiary/aromatic N) is 1. The second-order valence-electron chi connectivity index (χ2n) is 7.84. The first-order chi connectivity index (χ1) is 13.0. The van der Waals surface area contributed by atoms with E-state index in [4.69, 9.17) is 9.47 Å². The van der Waals surface area contributed by atoms with Crippen LogP contribution in [0.1, 0.15) is 37.9 Å². The van der Waals surface area contributed by atoms with E-state index in [-0.39, 0.29) is 4.90 Å². The van der Waals surface area contributed by atoms with E-state index in [1.807, 2.05) is 6.92 Å². The van der Waals surface area contributed by atoms with Crippen LogP contribution >= 0.6 is 0 Å². The van der Waals surface area contributed by atoms with E-state index < -0.39 is 33.7 Å². The molecule has 1 fully saturated rings. The molecule has 150 valence electrons. The number of hydrogen-bond donors (Lipinski definition) is 0. The van der Waals surface area contributed by atoms with Crippen LogP contribution in [0.3, 0.4) is 0 Å². The Hall–Kier alpha value is -2.38. The Morgan fingerprint density at radius 1 is 1.00 bits per heavy atom. The predicted octanol–water partition coefficient (Wildman–Crippen LogP) is 3.46. The number of esters is 1. The molecular weight excluding hydrogens is 378 g/mol. The number of rotatable bonds is 5. The maximum Gasteiger partial charge on any atom is 0.327 e. The van der Waals surface area contributed by atoms with Gasteiger partial charge in [0.2, 0.25) is 10.0 Å². The Labute approximate surface area is 166 Å². The van der Waals surface area contributed by atoms with Gasteiger partial charge in [-0.05, 0) is 57.5 Å². The van der Waals surface area contributed by atoms with E-state index in [1.165, 1.54) is 4.31 Å². The fraction of sp³-hybridized carbons (Fsp3) is 0.381. The highest BCUT2D eigenvalue weighted by Gasteiger charge is 2.61. The molecule has 3 unspecified atom stereocenters. The second-order valence-corrected chi connectivity index (χ2v) is 9.69. The van der Waals surface area contributed by atoms with Gasteiger partial charge in [0.25, 0.3) is 0 Å². The number of hydrogen-bond acceptors (Lipinski definition) is 5. The zero-order valence-electron chi connectivity index (χ0n) is 16.7. The van der Waals surface area contributed by atoms with Crippen molar-refractivity contribution in [3.63, 3.8) is 0 Å². The Morgan fingerprint density at radius 3 is 2.07 bits per heavy atom. The first kappa shape index (κ1) is 20.4. The summed E-state index contributed by atoms with van der Waals surface area (Å²) >= 11 is 0. The van der Waals surface area contributed by atoms with Crippen molar-refractivity contribution >= 4 is 16.0 Å². The molecule has 0 radical (unpaired) electrons. The molecule has 2 aromatic carbocycles. The molecule has 0 bridgehead atoms. The molecule has 0 aromatic heterocycles. The van der Waals surface area contributed by atoms with Crippen LogP contribution in [0.2, 0.25) is 0 Å². The summed E-state index contributed by atoms with van der Waals surface area (Å²) in [7, 11) is -2.28. The van der Waals surface area contributed by atoms with Gasteiger partial charge in [0.1, 0.15) is 17.4 Å². The molecule has 2 aromatic rings. The summed E-state index contributed by atoms with van der Waals surface area (Å²) in [5.41, 5.74) is 0.969. The van der Waals surface area contributed by atoms with Crippen molar-refractivity contribution < 1.29 is 22.7 Å². The summed E-state index contributed by atoms with van der Waals surface area (Å²) < 4.78 is 38.2. The quantitative estimate of drug-likeness (QED) is 0.565. The number of benzene rings is 2. The van der Waals surface area contributed by atoms with Crippen LogP contribution in [-0.4, -0.2) is 37.4 Å². The second kappa shape index (κ2) is 7.22. The van der Waals surface area contributed by atoms with Crippen LogP contribution < -0.4 is 4.74 Å². The average Bonchev–Trinajstić information content (AvgIpc) is 3.37. The largest absolute Gasteiger partial charge is 0.497 e. The predicted molar refractivity (Wildman–Crippen MR) is 106 cm³/mol. The molecule has 1 aliphatic rings. The van der Waals surface area contributed by atoms with Crippen LogP contribution in [0.4, 0.5) is 0 Å². The maximum atomic E-state index is 13.2. The molecule has 28 heavy (non-hydrogen) atoms. The molecule has 3 rings (SSSR count). The van der Waals surface area contributed by atoms with Crippen molar-refractivity contribution in [2.45, 2.75) is 50.3 Å². The van der Waals surface area contributed by atoms with E-state index >= 15 is 0 Å². The highest BCUT2D eigenvalue weighted by atomic mass is 32.2. The monoisotopic (exact) mass is 403 g/mol. The lowest BCUT2D eigenvalue weighted by Gasteiger charge is -2.19. The third kappa shape index (κ3) is 4.05. The smallest absolute Gasteiger partial charge is 0.327 e. The number of aryl methyl sites for hydroxylation is 1. The number of sulfonamides is 1. The molecule has 1 heterocycles. The first-order valence-electron chi connectivity index (χ1n) is 9.01. The fourth-order valence-electron chi connectivity index (χ4n) is 3.07. The van der Waals surface area contributed by atoms with E-state index in [9.17, 15) is 13.2 Å². The standard InChI is InChI=1S/C21H25NO5S/c1-14-6-12-17(13-7-14)28(24,25)22-18(15-8-10-16(26-5)11-9-15)19(22)20(23)27-21(2,3)4/h6-13,18-19H,1-5H3. The van der Waals surface area contributed by atoms with Crippen LogP contribution in [0.25, 0.3) is 0 Å². The lowest BCUT2D eigenvalue weighted by atomic mass is 10.1. The summed E-state index contributed by atoms with van der Waals surface area (Å²) in [5, 5.41) is 0. The normalized spacial score (nSPS) is 21.8. The molecule has 0 N–H and O–H groups in total. The topological polar surface area (TPSA) is 72.7 Å². The van der Waals surface area contributed by atoms with Gasteiger partial charge >= 0.3 is 5.97 Å². The van der Waals surface area contributed by atoms with E-state index in [0.29, 0.717) is 11.3 Å². The molecule has 0 amide bonds. The minimum atomic E-state index is -3.84. The molecule has 0 aliphatic carbocycles. The lowest BCUT2D eigenvalue weighted by molar-refractivity contribution is -0.154. The molecule has 7 heteroatoms. The Kier molecular flexibility index (Phi) is 5.25. The summed E-state index contributed by atoms with van der Waals surface area (Å²) in [6, 6.07) is 12.1. The van der Waals surface area contributed by atoms with Crippen molar-refractivity contribution in [3.8, 4) is 5.75 Å². The van der Waals surface area contributed by atoms with Crippen LogP contribution in [0.5, 0.6) is 5.75 Å². The minimum Gasteiger partial charge on any atom is -0.497 e. The first-order valence-corrected chi connectivity index (χ1v) is 10.5. The van der Waals surface area contributed by atoms with Crippen molar-refractivity contribution in [3.05, 3.63) is 59.7 Å². The zero-order chi connectivity index (χ0) is 20.7. The number of methoxy groups -OCH3 is 1. The third-order valence-electron chi connectivity index (χ3n) is 4.46. The van der Waals surface area contributed by atoms with Crippen LogP contribution in [0.15, 0.2) is 53.4 Å². The highest BCUT2D eigenvalue weighted by molar-refractivity contribution is 7.89. The van der Waals surface area contributed by atoms with Gasteiger partial charge in [-0.1, -0.05) is 29.8 Å². The van der Waals surface area contributed by atoms with E-state index in [2.05, 4.69) is 0 Å². The summed E-state index contributed by atoms with van der Waals surface area (Å²) in [6.45, 7) is 7.16. The zero-order valence-corrected chi connectivity index (χ0v) is 17.5. The van der Waals surface area contributed by atoms with E-state index in [0.717, 1.165) is 5.56 Å². The number of carbonyl (C=O) groups is 1. The van der Waals surface area contributed by atoms with Crippen LogP contribution in [-0.2, 0) is 19.6 Å². The number of ether oxygens (including phenoxy) is 2. The molecule has 3 atom stereocenters. The molecule has 1 aliphatic heterocycles. The van der Waals surface area contributed by atoms with Crippen molar-refractivity contribution in [2.75, 3.05) is 7.11 Å². The van der Waals surface area contributed by atoms with Gasteiger partial charge in [0.05, 0.1) is 18.0 Å². The SMILES string of the molecule is COc1ccc(C2C(C(=O)OC(C)(C)C)N2S(=O)(=O)c2ccc(C)cc2)cc1. The van der Waals surface area contributed by atoms with Gasteiger partial charge in [-0.2, -0.15) is 4.31 Å². The van der Waals surface area contributed by atoms with Crippen LogP contribution in [0, 0.1) is 6.92 Å². The Balaban J connectivity index is 1.97. The summed E-state index contributed by atoms with van der Waals surface area (Å²) in [5.74, 6) is 0.107. The highest BCUT2D eigenvalue weighted by Crippen LogP contribution is 2.48. The summed E-state index contributed by atoms with van der Waals surface area (Å²) in [6.07, 6.45) is 0. The van der Waals surface area contributed by atoms with Gasteiger partial charge in [0, 0.05) is 0 Å². The van der Waals surface area contributed by atoms with Crippen molar-refractivity contribution in [1.29, 1.82) is 0 Å². The van der Waals surface area contributed by atoms with Gasteiger partial charge < -0.3 is 9.47 Å². The van der Waals surface area contributed by atoms with Gasteiger partial charge in [0.15, 0.2) is 0 Å². The van der Waals surface area contributed by atoms with Gasteiger partial charge in [-0.3, -0.25) is 4.79 Å². The van der Waals surface area contributed by atoms with Gasteiger partial charge in [-0.15, -0.1) is 0 Å². The molecule has 6 nitrogen and oxygen atoms in total. The third-order valence-corrected chi connectivity index (χ3v) is 6.34. The van der Waals surface area contributed by atoms with Gasteiger partial charge in [-0.25, -0.2) is 8.42 Å². The lowest BCUT2D eigenvalue weighted by Crippen LogP contribution is -2.29. The molecular formula is C21H25NO5S. The Morgan fingerprint density at radius 2 is 1.57 bits per heavy atom. The Bertz CT molecular complexity index is 959. The minimum absolute atomic E-state index is 0.155. The van der Waals surface area contributed by atoms with Crippen molar-refractivity contribution in [1.82, 2.24) is 4.31 Å². The fourth-order valence-corrected chi connectivity index (χ4v) is 4.77. The molecule has 0 saturated carbocycles. The molecule has 1 saturated heterocycles. The van der Waals surface area contributed by atoms with Crippen molar-refractivity contribution in [2.24, 2.45) is 0 Å².